The summed E-state index contributed by atoms with van der Waals surface area (Å²) in [5.74, 6) is 0.635. The van der Waals surface area contributed by atoms with Gasteiger partial charge in [0.2, 0.25) is 0 Å². The molecule has 1 aliphatic heterocycles. The van der Waals surface area contributed by atoms with Crippen LogP contribution < -0.4 is 11.5 Å². The number of nitrogens with zero attached hydrogens (tertiary/aromatic N) is 1. The number of amides is 2. The van der Waals surface area contributed by atoms with Gasteiger partial charge in [-0.25, -0.2) is 0 Å². The van der Waals surface area contributed by atoms with Crippen LogP contribution in [0.4, 0.5) is 0 Å². The maximum Gasteiger partial charge on any atom is 0.253 e. The first-order valence-corrected chi connectivity index (χ1v) is 8.21. The van der Waals surface area contributed by atoms with Crippen LogP contribution in [0.3, 0.4) is 0 Å². The molecule has 0 aromatic heterocycles. The van der Waals surface area contributed by atoms with Crippen molar-refractivity contribution in [3.63, 3.8) is 0 Å². The Labute approximate surface area is 135 Å². The summed E-state index contributed by atoms with van der Waals surface area (Å²) in [6.45, 7) is 1.64. The number of rotatable bonds is 7. The normalized spacial score (nSPS) is 12.7. The predicted molar refractivity (Wildman–Crippen MR) is 89.2 cm³/mol. The third-order valence-electron chi connectivity index (χ3n) is 1.96. The molecule has 1 heterocycles. The number of nitrogens with two attached hydrogens (primary N) is 2. The van der Waals surface area contributed by atoms with Crippen molar-refractivity contribution in [3.8, 4) is 0 Å². The molecule has 2 amide bonds. The van der Waals surface area contributed by atoms with E-state index in [2.05, 4.69) is 12.6 Å². The van der Waals surface area contributed by atoms with Gasteiger partial charge in [0.25, 0.3) is 11.8 Å². The highest BCUT2D eigenvalue weighted by molar-refractivity contribution is 7.98. The van der Waals surface area contributed by atoms with E-state index in [9.17, 15) is 9.59 Å². The molecule has 0 radical (unpaired) electrons. The molecule has 0 unspecified atom stereocenters. The average Bonchev–Trinajstić information content (AvgIpc) is 2.79. The molecular weight excluding hydrogens is 314 g/mol. The number of thiol groups is 1. The number of thioether (sulfide) groups is 1. The van der Waals surface area contributed by atoms with Gasteiger partial charge in [0.05, 0.1) is 26.4 Å². The van der Waals surface area contributed by atoms with Crippen LogP contribution in [0.15, 0.2) is 12.2 Å². The SMILES string of the molecule is COCCOCCN1C(=O)C=CC1=O.CSCN.NCS. The predicted octanol–water partition coefficient (Wildman–Crippen LogP) is -0.328. The van der Waals surface area contributed by atoms with Crippen molar-refractivity contribution >= 4 is 36.2 Å². The van der Waals surface area contributed by atoms with Crippen molar-refractivity contribution in [3.05, 3.63) is 12.2 Å². The lowest BCUT2D eigenvalue weighted by molar-refractivity contribution is -0.137. The van der Waals surface area contributed by atoms with Gasteiger partial charge in [-0.1, -0.05) is 0 Å². The zero-order chi connectivity index (χ0) is 16.5. The standard InChI is InChI=1S/C9H13NO4.C2H7NS.CH5NS/c1-13-6-7-14-5-4-10-8(11)2-3-9(10)12;1-4-2-3;2-1-3/h2-3H,4-7H2,1H3;2-3H2,1H3;3H,1-2H2. The summed E-state index contributed by atoms with van der Waals surface area (Å²) in [7, 11) is 1.58. The first-order valence-electron chi connectivity index (χ1n) is 6.19. The Hall–Kier alpha value is -0.580. The topological polar surface area (TPSA) is 108 Å². The lowest BCUT2D eigenvalue weighted by atomic mass is 10.5. The third-order valence-corrected chi connectivity index (χ3v) is 2.29. The number of ether oxygens (including phenoxy) is 2. The molecule has 0 spiro atoms. The molecule has 0 fully saturated rings. The van der Waals surface area contributed by atoms with E-state index in [0.29, 0.717) is 32.2 Å². The second-order valence-electron chi connectivity index (χ2n) is 3.40. The van der Waals surface area contributed by atoms with Crippen molar-refractivity contribution in [1.82, 2.24) is 4.90 Å². The van der Waals surface area contributed by atoms with E-state index in [1.165, 1.54) is 12.2 Å². The maximum absolute atomic E-state index is 11.0. The molecule has 21 heavy (non-hydrogen) atoms. The number of carbonyl (C=O) groups is 2. The van der Waals surface area contributed by atoms with Gasteiger partial charge in [0, 0.05) is 31.0 Å². The lowest BCUT2D eigenvalue weighted by Crippen LogP contribution is -2.33. The van der Waals surface area contributed by atoms with E-state index < -0.39 is 0 Å². The van der Waals surface area contributed by atoms with Crippen LogP contribution in [0, 0.1) is 0 Å². The average molecular weight is 339 g/mol. The fraction of sp³-hybridized carbons (Fsp3) is 0.667. The van der Waals surface area contributed by atoms with Crippen LogP contribution >= 0.6 is 24.4 Å². The fourth-order valence-corrected chi connectivity index (χ4v) is 1.05. The van der Waals surface area contributed by atoms with Crippen molar-refractivity contribution < 1.29 is 19.1 Å². The second-order valence-corrected chi connectivity index (χ2v) is 4.68. The zero-order valence-corrected chi connectivity index (χ0v) is 14.2. The van der Waals surface area contributed by atoms with Crippen molar-refractivity contribution in [2.45, 2.75) is 0 Å². The van der Waals surface area contributed by atoms with Gasteiger partial charge < -0.3 is 20.9 Å². The molecule has 0 saturated carbocycles. The van der Waals surface area contributed by atoms with Crippen LogP contribution in [0.25, 0.3) is 0 Å². The van der Waals surface area contributed by atoms with E-state index in [4.69, 9.17) is 20.9 Å². The van der Waals surface area contributed by atoms with Gasteiger partial charge in [0.15, 0.2) is 0 Å². The number of hydrogen-bond donors (Lipinski definition) is 3. The van der Waals surface area contributed by atoms with Crippen molar-refractivity contribution in [1.29, 1.82) is 0 Å². The van der Waals surface area contributed by atoms with Gasteiger partial charge in [-0.05, 0) is 6.26 Å². The fourth-order valence-electron chi connectivity index (χ4n) is 1.05. The van der Waals surface area contributed by atoms with Gasteiger partial charge in [0.1, 0.15) is 0 Å². The Morgan fingerprint density at radius 1 is 1.19 bits per heavy atom. The minimum Gasteiger partial charge on any atom is -0.382 e. The molecule has 0 atom stereocenters. The summed E-state index contributed by atoms with van der Waals surface area (Å²) in [5.41, 5.74) is 9.70. The van der Waals surface area contributed by atoms with Crippen LogP contribution in [0.2, 0.25) is 0 Å². The molecule has 1 aliphatic rings. The minimum atomic E-state index is -0.273. The van der Waals surface area contributed by atoms with Crippen molar-refractivity contribution in [2.75, 3.05) is 51.5 Å². The molecule has 0 aliphatic carbocycles. The highest BCUT2D eigenvalue weighted by atomic mass is 32.2. The third kappa shape index (κ3) is 14.1. The van der Waals surface area contributed by atoms with Gasteiger partial charge in [-0.2, -0.15) is 24.4 Å². The molecule has 0 aromatic rings. The Bertz CT molecular complexity index is 284. The van der Waals surface area contributed by atoms with Crippen LogP contribution in [0.5, 0.6) is 0 Å². The number of hydrogen-bond acceptors (Lipinski definition) is 8. The summed E-state index contributed by atoms with van der Waals surface area (Å²) in [6, 6.07) is 0. The molecule has 7 nitrogen and oxygen atoms in total. The highest BCUT2D eigenvalue weighted by Crippen LogP contribution is 2.02. The maximum atomic E-state index is 11.0. The summed E-state index contributed by atoms with van der Waals surface area (Å²) in [6.07, 6.45) is 4.50. The molecule has 9 heteroatoms. The monoisotopic (exact) mass is 339 g/mol. The smallest absolute Gasteiger partial charge is 0.253 e. The van der Waals surface area contributed by atoms with Crippen LogP contribution in [-0.4, -0.2) is 68.2 Å². The van der Waals surface area contributed by atoms with E-state index in [0.717, 1.165) is 10.8 Å². The molecule has 124 valence electrons. The Kier molecular flexibility index (Phi) is 18.9. The number of imide groups is 1. The minimum absolute atomic E-state index is 0.273. The van der Waals surface area contributed by atoms with E-state index >= 15 is 0 Å². The van der Waals surface area contributed by atoms with Gasteiger partial charge in [-0.3, -0.25) is 14.5 Å². The number of carbonyl (C=O) groups excluding carboxylic acids is 2. The summed E-state index contributed by atoms with van der Waals surface area (Å²) in [5, 5.41) is 0. The molecule has 4 N–H and O–H groups in total. The van der Waals surface area contributed by atoms with Gasteiger partial charge in [-0.15, -0.1) is 0 Å². The summed E-state index contributed by atoms with van der Waals surface area (Å²) >= 11 is 5.20. The second kappa shape index (κ2) is 17.5. The first-order chi connectivity index (χ1) is 10.1. The van der Waals surface area contributed by atoms with E-state index in [1.807, 2.05) is 6.26 Å². The summed E-state index contributed by atoms with van der Waals surface area (Å²) < 4.78 is 9.91. The Balaban J connectivity index is 0. The van der Waals surface area contributed by atoms with Gasteiger partial charge >= 0.3 is 0 Å². The largest absolute Gasteiger partial charge is 0.382 e. The molecule has 0 bridgehead atoms. The molecular formula is C12H25N3O4S2. The van der Waals surface area contributed by atoms with E-state index in [-0.39, 0.29) is 11.8 Å². The van der Waals surface area contributed by atoms with Crippen molar-refractivity contribution in [2.24, 2.45) is 11.5 Å². The Morgan fingerprint density at radius 2 is 1.67 bits per heavy atom. The Morgan fingerprint density at radius 3 is 2.05 bits per heavy atom. The lowest BCUT2D eigenvalue weighted by Gasteiger charge is -2.13. The van der Waals surface area contributed by atoms with Crippen LogP contribution in [0.1, 0.15) is 0 Å². The van der Waals surface area contributed by atoms with Crippen LogP contribution in [-0.2, 0) is 19.1 Å². The molecule has 1 rings (SSSR count). The van der Waals surface area contributed by atoms with E-state index in [1.54, 1.807) is 18.9 Å². The zero-order valence-electron chi connectivity index (χ0n) is 12.5. The first kappa shape index (κ1) is 22.7. The molecule has 0 saturated heterocycles. The molecule has 0 aromatic carbocycles. The number of methoxy groups -OCH3 is 1. The summed E-state index contributed by atoms with van der Waals surface area (Å²) in [4.78, 5) is 23.2. The highest BCUT2D eigenvalue weighted by Gasteiger charge is 2.22. The quantitative estimate of drug-likeness (QED) is 0.252.